The molecule has 0 unspecified atom stereocenters. The van der Waals surface area contributed by atoms with E-state index in [1.807, 2.05) is 25.2 Å². The molecule has 1 aliphatic heterocycles. The maximum atomic E-state index is 12.7. The Hall–Kier alpha value is -1.16. The van der Waals surface area contributed by atoms with Crippen molar-refractivity contribution in [3.05, 3.63) is 23.8 Å². The number of carbonyl (C=O) groups excluding carboxylic acids is 1. The van der Waals surface area contributed by atoms with Gasteiger partial charge in [-0.15, -0.1) is 0 Å². The second-order valence-electron chi connectivity index (χ2n) is 3.90. The first-order chi connectivity index (χ1) is 7.80. The highest BCUT2D eigenvalue weighted by atomic mass is 19.1. The fourth-order valence-corrected chi connectivity index (χ4v) is 1.69. The standard InChI is InChI=1S/C12H19FN2O/c1-2-3-4-12(9-13)10-14-5-7-15(11-16)8-6-14/h2-4,11H,5-10H2,1H3/b3-2-,12-4+. The maximum Gasteiger partial charge on any atom is 0.209 e. The average Bonchev–Trinajstić information content (AvgIpc) is 2.35. The van der Waals surface area contributed by atoms with E-state index < -0.39 is 6.67 Å². The topological polar surface area (TPSA) is 23.6 Å². The first-order valence-electron chi connectivity index (χ1n) is 5.58. The monoisotopic (exact) mass is 226 g/mol. The quantitative estimate of drug-likeness (QED) is 0.520. The second-order valence-corrected chi connectivity index (χ2v) is 3.90. The molecule has 0 radical (unpaired) electrons. The van der Waals surface area contributed by atoms with Gasteiger partial charge < -0.3 is 4.90 Å². The number of amides is 1. The molecule has 1 amide bonds. The van der Waals surface area contributed by atoms with Crippen LogP contribution < -0.4 is 0 Å². The molecule has 1 rings (SSSR count). The molecular formula is C12H19FN2O. The van der Waals surface area contributed by atoms with Gasteiger partial charge in [0.05, 0.1) is 0 Å². The van der Waals surface area contributed by atoms with E-state index in [1.165, 1.54) is 0 Å². The minimum Gasteiger partial charge on any atom is -0.343 e. The van der Waals surface area contributed by atoms with Crippen LogP contribution >= 0.6 is 0 Å². The minimum atomic E-state index is -0.405. The number of hydrogen-bond acceptors (Lipinski definition) is 2. The van der Waals surface area contributed by atoms with E-state index in [4.69, 9.17) is 0 Å². The van der Waals surface area contributed by atoms with E-state index in [0.29, 0.717) is 6.54 Å². The summed E-state index contributed by atoms with van der Waals surface area (Å²) < 4.78 is 12.7. The Labute approximate surface area is 96.2 Å². The lowest BCUT2D eigenvalue weighted by Gasteiger charge is -2.32. The highest BCUT2D eigenvalue weighted by molar-refractivity contribution is 5.47. The third-order valence-electron chi connectivity index (χ3n) is 2.68. The molecule has 0 bridgehead atoms. The summed E-state index contributed by atoms with van der Waals surface area (Å²) in [6.07, 6.45) is 6.45. The van der Waals surface area contributed by atoms with Crippen LogP contribution in [0.25, 0.3) is 0 Å². The van der Waals surface area contributed by atoms with Crippen molar-refractivity contribution in [1.29, 1.82) is 0 Å². The molecule has 1 aliphatic rings. The highest BCUT2D eigenvalue weighted by Crippen LogP contribution is 2.05. The van der Waals surface area contributed by atoms with Gasteiger partial charge in [0.1, 0.15) is 6.67 Å². The number of carbonyl (C=O) groups is 1. The molecule has 0 N–H and O–H groups in total. The van der Waals surface area contributed by atoms with Crippen molar-refractivity contribution in [2.75, 3.05) is 39.4 Å². The van der Waals surface area contributed by atoms with Crippen molar-refractivity contribution < 1.29 is 9.18 Å². The third-order valence-corrected chi connectivity index (χ3v) is 2.68. The van der Waals surface area contributed by atoms with Gasteiger partial charge in [-0.2, -0.15) is 0 Å². The summed E-state index contributed by atoms with van der Waals surface area (Å²) in [6.45, 7) is 5.30. The SMILES string of the molecule is C/C=C\C=C(/CF)CN1CCN(C=O)CC1. The van der Waals surface area contributed by atoms with E-state index >= 15 is 0 Å². The van der Waals surface area contributed by atoms with Crippen molar-refractivity contribution in [2.24, 2.45) is 0 Å². The zero-order valence-electron chi connectivity index (χ0n) is 9.73. The van der Waals surface area contributed by atoms with Crippen molar-refractivity contribution in [1.82, 2.24) is 9.80 Å². The van der Waals surface area contributed by atoms with Crippen molar-refractivity contribution in [3.8, 4) is 0 Å². The van der Waals surface area contributed by atoms with Crippen LogP contribution in [0.2, 0.25) is 0 Å². The zero-order chi connectivity index (χ0) is 11.8. The molecule has 90 valence electrons. The van der Waals surface area contributed by atoms with E-state index in [0.717, 1.165) is 38.2 Å². The number of hydrogen-bond donors (Lipinski definition) is 0. The molecule has 3 nitrogen and oxygen atoms in total. The Balaban J connectivity index is 2.39. The summed E-state index contributed by atoms with van der Waals surface area (Å²) in [6, 6.07) is 0. The molecule has 0 aromatic carbocycles. The number of piperazine rings is 1. The van der Waals surface area contributed by atoms with Crippen LogP contribution in [0.4, 0.5) is 4.39 Å². The maximum absolute atomic E-state index is 12.7. The Morgan fingerprint density at radius 2 is 2.00 bits per heavy atom. The third kappa shape index (κ3) is 4.14. The lowest BCUT2D eigenvalue weighted by molar-refractivity contribution is -0.119. The number of allylic oxidation sites excluding steroid dienone is 3. The number of alkyl halides is 1. The Morgan fingerprint density at radius 1 is 1.31 bits per heavy atom. The fourth-order valence-electron chi connectivity index (χ4n) is 1.69. The largest absolute Gasteiger partial charge is 0.343 e. The van der Waals surface area contributed by atoms with Crippen LogP contribution in [0.15, 0.2) is 23.8 Å². The molecule has 0 saturated carbocycles. The Morgan fingerprint density at radius 3 is 2.50 bits per heavy atom. The van der Waals surface area contributed by atoms with E-state index in [-0.39, 0.29) is 0 Å². The predicted molar refractivity (Wildman–Crippen MR) is 62.9 cm³/mol. The van der Waals surface area contributed by atoms with Gasteiger partial charge in [0.2, 0.25) is 6.41 Å². The number of rotatable bonds is 5. The normalized spacial score (nSPS) is 19.4. The van der Waals surface area contributed by atoms with Crippen molar-refractivity contribution >= 4 is 6.41 Å². The second kappa shape index (κ2) is 7.17. The van der Waals surface area contributed by atoms with Gasteiger partial charge in [-0.3, -0.25) is 9.69 Å². The van der Waals surface area contributed by atoms with Crippen LogP contribution in [-0.4, -0.2) is 55.6 Å². The smallest absolute Gasteiger partial charge is 0.209 e. The van der Waals surface area contributed by atoms with Gasteiger partial charge in [-0.25, -0.2) is 4.39 Å². The lowest BCUT2D eigenvalue weighted by atomic mass is 10.2. The molecule has 0 aliphatic carbocycles. The summed E-state index contributed by atoms with van der Waals surface area (Å²) in [5.41, 5.74) is 0.789. The molecule has 1 heterocycles. The van der Waals surface area contributed by atoms with Gasteiger partial charge >= 0.3 is 0 Å². The zero-order valence-corrected chi connectivity index (χ0v) is 9.73. The van der Waals surface area contributed by atoms with Gasteiger partial charge in [-0.05, 0) is 12.5 Å². The molecule has 0 atom stereocenters. The van der Waals surface area contributed by atoms with Crippen molar-refractivity contribution in [3.63, 3.8) is 0 Å². The molecule has 1 saturated heterocycles. The lowest BCUT2D eigenvalue weighted by Crippen LogP contribution is -2.46. The predicted octanol–water partition coefficient (Wildman–Crippen LogP) is 1.23. The van der Waals surface area contributed by atoms with Crippen LogP contribution in [0.5, 0.6) is 0 Å². The van der Waals surface area contributed by atoms with Gasteiger partial charge in [-0.1, -0.05) is 18.2 Å². The molecule has 0 aromatic heterocycles. The van der Waals surface area contributed by atoms with Crippen LogP contribution in [0.1, 0.15) is 6.92 Å². The Kier molecular flexibility index (Phi) is 5.78. The molecule has 0 spiro atoms. The molecule has 0 aromatic rings. The van der Waals surface area contributed by atoms with Gasteiger partial charge in [0.15, 0.2) is 0 Å². The number of nitrogens with zero attached hydrogens (tertiary/aromatic N) is 2. The van der Waals surface area contributed by atoms with Gasteiger partial charge in [0, 0.05) is 32.7 Å². The summed E-state index contributed by atoms with van der Waals surface area (Å²) in [5, 5.41) is 0. The van der Waals surface area contributed by atoms with Gasteiger partial charge in [0.25, 0.3) is 0 Å². The summed E-state index contributed by atoms with van der Waals surface area (Å²) >= 11 is 0. The van der Waals surface area contributed by atoms with Crippen LogP contribution in [0, 0.1) is 0 Å². The van der Waals surface area contributed by atoms with E-state index in [1.54, 1.807) is 4.90 Å². The number of halogens is 1. The van der Waals surface area contributed by atoms with E-state index in [9.17, 15) is 9.18 Å². The Bertz CT molecular complexity index is 268. The molecular weight excluding hydrogens is 207 g/mol. The average molecular weight is 226 g/mol. The first kappa shape index (κ1) is 12.9. The molecule has 4 heteroatoms. The molecule has 1 fully saturated rings. The highest BCUT2D eigenvalue weighted by Gasteiger charge is 2.15. The minimum absolute atomic E-state index is 0.405. The first-order valence-corrected chi connectivity index (χ1v) is 5.58. The fraction of sp³-hybridized carbons (Fsp3) is 0.583. The molecule has 16 heavy (non-hydrogen) atoms. The van der Waals surface area contributed by atoms with E-state index in [2.05, 4.69) is 4.90 Å². The van der Waals surface area contributed by atoms with Crippen molar-refractivity contribution in [2.45, 2.75) is 6.92 Å². The van der Waals surface area contributed by atoms with Crippen LogP contribution in [0.3, 0.4) is 0 Å². The summed E-state index contributed by atoms with van der Waals surface area (Å²) in [4.78, 5) is 14.4. The van der Waals surface area contributed by atoms with Crippen LogP contribution in [-0.2, 0) is 4.79 Å². The summed E-state index contributed by atoms with van der Waals surface area (Å²) in [7, 11) is 0. The summed E-state index contributed by atoms with van der Waals surface area (Å²) in [5.74, 6) is 0.